The molecule has 31 heteroatoms. The van der Waals surface area contributed by atoms with Gasteiger partial charge in [-0.15, -0.1) is 0 Å². The molecule has 0 saturated carbocycles. The molecule has 4 aromatic rings. The fraction of sp³-hybridized carbons (Fsp3) is 0.442. The quantitative estimate of drug-likeness (QED) is 0.105. The second-order valence-electron chi connectivity index (χ2n) is 18.0. The number of pyridine rings is 4. The van der Waals surface area contributed by atoms with Gasteiger partial charge in [0.05, 0.1) is 65.4 Å². The molecule has 0 spiro atoms. The highest BCUT2D eigenvalue weighted by atomic mass is 32.3. The van der Waals surface area contributed by atoms with Crippen molar-refractivity contribution in [3.63, 3.8) is 0 Å². The Morgan fingerprint density at radius 3 is 1.47 bits per heavy atom. The van der Waals surface area contributed by atoms with Crippen LogP contribution >= 0.6 is 0 Å². The third-order valence-electron chi connectivity index (χ3n) is 12.1. The Morgan fingerprint density at radius 2 is 1.07 bits per heavy atom. The van der Waals surface area contributed by atoms with Crippen LogP contribution in [0.25, 0.3) is 0 Å². The molecule has 4 atom stereocenters. The highest BCUT2D eigenvalue weighted by Gasteiger charge is 2.44. The monoisotopic (exact) mass is 1100 g/mol. The largest absolute Gasteiger partial charge is 0.391 e. The minimum absolute atomic E-state index is 0.0804. The number of rotatable bonds is 13. The first kappa shape index (κ1) is 54.9. The average Bonchev–Trinajstić information content (AvgIpc) is 3.89. The summed E-state index contributed by atoms with van der Waals surface area (Å²) in [7, 11) is -12.0. The van der Waals surface area contributed by atoms with Crippen molar-refractivity contribution in [2.24, 2.45) is 11.8 Å². The van der Waals surface area contributed by atoms with E-state index in [4.69, 9.17) is 0 Å². The highest BCUT2D eigenvalue weighted by molar-refractivity contribution is 8.09. The average molecular weight is 1100 g/mol. The van der Waals surface area contributed by atoms with Crippen molar-refractivity contribution < 1.29 is 70.8 Å². The Morgan fingerprint density at radius 1 is 0.649 bits per heavy atom. The lowest BCUT2D eigenvalue weighted by Gasteiger charge is -2.35. The number of Topliss-reactive ketones (excluding diaryl/α,β-unsaturated/α-hetero) is 2. The van der Waals surface area contributed by atoms with Crippen molar-refractivity contribution in [3.8, 4) is 0 Å². The molecule has 0 unspecified atom stereocenters. The molecule has 4 aliphatic rings. The number of fused-ring (bicyclic) bond motifs is 8. The first-order valence-corrected chi connectivity index (χ1v) is 27.9. The van der Waals surface area contributed by atoms with E-state index in [9.17, 15) is 70.8 Å². The minimum Gasteiger partial charge on any atom is -0.366 e. The topological polar surface area (TPSA) is 275 Å². The van der Waals surface area contributed by atoms with Crippen LogP contribution in [0.3, 0.4) is 0 Å². The molecule has 8 rings (SSSR count). The zero-order valence-electron chi connectivity index (χ0n) is 39.8. The molecule has 4 aliphatic heterocycles. The molecule has 2 fully saturated rings. The Bertz CT molecular complexity index is 3190. The number of nitrogens with one attached hydrogen (secondary N) is 3. The molecule has 4 aromatic heterocycles. The lowest BCUT2D eigenvalue weighted by molar-refractivity contribution is -0.169. The van der Waals surface area contributed by atoms with E-state index in [1.165, 1.54) is 46.3 Å². The van der Waals surface area contributed by atoms with Crippen molar-refractivity contribution in [2.45, 2.75) is 64.0 Å². The first-order valence-electron chi connectivity index (χ1n) is 22.3. The van der Waals surface area contributed by atoms with Gasteiger partial charge in [-0.05, 0) is 49.2 Å². The lowest BCUT2D eigenvalue weighted by atomic mass is 10.0. The van der Waals surface area contributed by atoms with Crippen molar-refractivity contribution in [1.29, 1.82) is 0 Å². The van der Waals surface area contributed by atoms with Gasteiger partial charge in [0.2, 0.25) is 30.1 Å². The summed E-state index contributed by atoms with van der Waals surface area (Å²) in [6.45, 7) is 4.04. The second-order valence-corrected chi connectivity index (χ2v) is 23.7. The molecule has 0 aromatic carbocycles. The van der Waals surface area contributed by atoms with Crippen molar-refractivity contribution >= 4 is 99.7 Å². The summed E-state index contributed by atoms with van der Waals surface area (Å²) in [5.74, 6) is -5.13. The number of hydrogen-bond donors (Lipinski definition) is 3. The molecule has 4 bridgehead atoms. The van der Waals surface area contributed by atoms with Crippen molar-refractivity contribution in [2.75, 3.05) is 83.6 Å². The third kappa shape index (κ3) is 12.5. The zero-order chi connectivity index (χ0) is 54.5. The van der Waals surface area contributed by atoms with E-state index in [1.54, 1.807) is 6.07 Å². The van der Waals surface area contributed by atoms with Gasteiger partial charge >= 0.3 is 24.4 Å². The van der Waals surface area contributed by atoms with Gasteiger partial charge in [-0.2, -0.15) is 30.1 Å². The number of aromatic nitrogens is 4. The minimum atomic E-state index is -4.55. The van der Waals surface area contributed by atoms with Crippen LogP contribution in [0.4, 0.5) is 82.0 Å². The van der Waals surface area contributed by atoms with Crippen LogP contribution in [0, 0.1) is 11.8 Å². The van der Waals surface area contributed by atoms with E-state index >= 15 is 0 Å². The SMILES string of the molecule is C[C@@H](CC(=O)c1ccc2c(n1)N(C(=O)Nc1cc(N(S(C)(=O)=O)S(C)(=O)=O)ccn1)[C@H]1CCN2C1)C(F)(F)F.C[C@@H](CC(=O)c1ccc2c(n1)N(C(=O)Nc1cc(NS(C)(=O)=O)ccn1)[C@H]1CCN2C1)C(F)(F)F. The fourth-order valence-corrected chi connectivity index (χ4v) is 12.1. The molecule has 8 heterocycles. The van der Waals surface area contributed by atoms with Crippen LogP contribution in [0.15, 0.2) is 60.9 Å². The predicted octanol–water partition coefficient (Wildman–Crippen LogP) is 5.85. The van der Waals surface area contributed by atoms with Gasteiger partial charge in [0.25, 0.3) is 0 Å². The lowest BCUT2D eigenvalue weighted by Crippen LogP contribution is -2.48. The maximum absolute atomic E-state index is 13.4. The normalized spacial score (nSPS) is 18.0. The second kappa shape index (κ2) is 20.4. The van der Waals surface area contributed by atoms with Crippen LogP contribution in [0.2, 0.25) is 0 Å². The Kier molecular flexibility index (Phi) is 15.2. The number of alkyl halides is 6. The van der Waals surface area contributed by atoms with Crippen LogP contribution < -0.4 is 38.7 Å². The summed E-state index contributed by atoms with van der Waals surface area (Å²) >= 11 is 0. The summed E-state index contributed by atoms with van der Waals surface area (Å²) < 4.78 is 152. The molecule has 4 amide bonds. The Labute approximate surface area is 420 Å². The molecule has 400 valence electrons. The maximum atomic E-state index is 13.4. The summed E-state index contributed by atoms with van der Waals surface area (Å²) in [6.07, 6.45) is -4.59. The van der Waals surface area contributed by atoms with Crippen LogP contribution in [-0.4, -0.2) is 138 Å². The standard InChI is InChI=1S/C22H25F3N6O6S2.C21H23F3N6O4S/c1-13(22(23,24)25)10-18(32)16-4-5-17-20(27-16)30(15-7-9-29(17)12-15)21(33)28-19-11-14(6-8-26-19)31(38(2,34)35)39(3,36)37;1-12(21(22,23)24)9-17(31)15-3-4-16-19(26-15)30(14-6-8-29(16)11-14)20(32)27-18-10-13(5-7-25-18)28-35(2,33)34/h4-6,8,11,13,15H,7,9-10,12H2,1-3H3,(H,26,28,33);3-5,7,10,12,14H,6,8-9,11H2,1-2H3,(H2,25,27,28,32)/t13-,15-;12-,14-/m00/s1. The number of hydrogen-bond acceptors (Lipinski definition) is 16. The van der Waals surface area contributed by atoms with E-state index in [-0.39, 0.29) is 61.8 Å². The zero-order valence-corrected chi connectivity index (χ0v) is 42.3. The number of nitrogens with zero attached hydrogens (tertiary/aromatic N) is 9. The number of amides is 4. The van der Waals surface area contributed by atoms with Crippen molar-refractivity contribution in [1.82, 2.24) is 19.9 Å². The fourth-order valence-electron chi connectivity index (χ4n) is 8.60. The summed E-state index contributed by atoms with van der Waals surface area (Å²) in [5, 5.41) is 5.11. The van der Waals surface area contributed by atoms with Gasteiger partial charge < -0.3 is 9.80 Å². The van der Waals surface area contributed by atoms with Crippen LogP contribution in [0.5, 0.6) is 0 Å². The molecule has 74 heavy (non-hydrogen) atoms. The summed E-state index contributed by atoms with van der Waals surface area (Å²) in [6, 6.07) is 8.79. The van der Waals surface area contributed by atoms with Gasteiger partial charge in [0, 0.05) is 63.5 Å². The Hall–Kier alpha value is -6.89. The number of carbonyl (C=O) groups is 4. The van der Waals surface area contributed by atoms with E-state index < -0.39 is 90.7 Å². The van der Waals surface area contributed by atoms with Crippen LogP contribution in [0.1, 0.15) is 60.5 Å². The van der Waals surface area contributed by atoms with Gasteiger partial charge in [-0.1, -0.05) is 13.8 Å². The maximum Gasteiger partial charge on any atom is 0.391 e. The van der Waals surface area contributed by atoms with Crippen LogP contribution in [-0.2, 0) is 30.1 Å². The van der Waals surface area contributed by atoms with E-state index in [1.807, 2.05) is 9.80 Å². The number of anilines is 8. The smallest absolute Gasteiger partial charge is 0.366 e. The number of urea groups is 2. The predicted molar refractivity (Wildman–Crippen MR) is 260 cm³/mol. The molecular formula is C43H48F6N12O10S3. The highest BCUT2D eigenvalue weighted by Crippen LogP contribution is 2.42. The number of halogens is 6. The summed E-state index contributed by atoms with van der Waals surface area (Å²) in [5.41, 5.74) is 0.658. The van der Waals surface area contributed by atoms with Gasteiger partial charge in [0.15, 0.2) is 23.2 Å². The van der Waals surface area contributed by atoms with Gasteiger partial charge in [-0.3, -0.25) is 34.7 Å². The molecule has 0 aliphatic carbocycles. The third-order valence-corrected chi connectivity index (χ3v) is 16.0. The van der Waals surface area contributed by atoms with E-state index in [0.717, 1.165) is 38.4 Å². The van der Waals surface area contributed by atoms with E-state index in [2.05, 4.69) is 35.3 Å². The van der Waals surface area contributed by atoms with Gasteiger partial charge in [-0.25, -0.2) is 54.8 Å². The van der Waals surface area contributed by atoms with Crippen molar-refractivity contribution in [3.05, 3.63) is 72.3 Å². The number of ketones is 2. The van der Waals surface area contributed by atoms with Gasteiger partial charge in [0.1, 0.15) is 23.0 Å². The molecular weight excluding hydrogens is 1050 g/mol. The molecule has 22 nitrogen and oxygen atoms in total. The molecule has 0 radical (unpaired) electrons. The first-order chi connectivity index (χ1) is 34.3. The summed E-state index contributed by atoms with van der Waals surface area (Å²) in [4.78, 5) is 74.9. The molecule has 2 saturated heterocycles. The number of sulfonamides is 3. The number of carbonyl (C=O) groups excluding carboxylic acids is 4. The van der Waals surface area contributed by atoms with E-state index in [0.29, 0.717) is 62.9 Å². The Balaban J connectivity index is 0.000000217. The molecule has 3 N–H and O–H groups in total.